The molecule has 5 aromatic rings. The number of esters is 1. The predicted molar refractivity (Wildman–Crippen MR) is 164 cm³/mol. The van der Waals surface area contributed by atoms with Gasteiger partial charge in [0.1, 0.15) is 11.7 Å². The van der Waals surface area contributed by atoms with E-state index in [1.54, 1.807) is 6.92 Å². The second kappa shape index (κ2) is 11.2. The van der Waals surface area contributed by atoms with E-state index in [0.717, 1.165) is 66.0 Å². The fraction of sp³-hybridized carbons (Fsp3) is 0.406. The number of benzene rings is 2. The van der Waals surface area contributed by atoms with Gasteiger partial charge in [0.2, 0.25) is 6.79 Å². The Kier molecular flexibility index (Phi) is 7.17. The molecule has 2 aliphatic rings. The highest BCUT2D eigenvalue weighted by Crippen LogP contribution is 2.37. The number of aromatic amines is 1. The Hall–Kier alpha value is -4.55. The Morgan fingerprint density at radius 1 is 1.02 bits per heavy atom. The van der Waals surface area contributed by atoms with Crippen LogP contribution < -0.4 is 9.47 Å². The molecular weight excluding hydrogens is 560 g/mol. The second-order valence-electron chi connectivity index (χ2n) is 12.2. The number of tetrazole rings is 1. The van der Waals surface area contributed by atoms with Crippen molar-refractivity contribution < 1.29 is 19.0 Å². The van der Waals surface area contributed by atoms with Crippen molar-refractivity contribution in [2.45, 2.75) is 45.8 Å². The number of para-hydroxylation sites is 1. The minimum Gasteiger partial charge on any atom is -0.461 e. The second-order valence-corrected chi connectivity index (χ2v) is 12.2. The fourth-order valence-corrected chi connectivity index (χ4v) is 6.16. The number of pyridine rings is 1. The number of aromatic nitrogens is 6. The maximum atomic E-state index is 13.1. The van der Waals surface area contributed by atoms with E-state index in [-0.39, 0.29) is 24.6 Å². The molecule has 1 N–H and O–H groups in total. The summed E-state index contributed by atoms with van der Waals surface area (Å²) in [6.07, 6.45) is 0. The maximum absolute atomic E-state index is 13.1. The Morgan fingerprint density at radius 3 is 2.61 bits per heavy atom. The van der Waals surface area contributed by atoms with E-state index >= 15 is 0 Å². The number of carbonyl (C=O) groups excluding carboxylic acids is 1. The molecule has 12 nitrogen and oxygen atoms in total. The van der Waals surface area contributed by atoms with Crippen molar-refractivity contribution in [3.63, 3.8) is 0 Å². The SMILES string of the molecule is CCOC(=O)c1cc2c([nH]c3ccccc32)c(C(c2nnnn2C(C)(C)C)N2CCN(Cc3ccc4c(c3)OCO4)CC2)n1. The van der Waals surface area contributed by atoms with Crippen LogP contribution in [-0.2, 0) is 16.8 Å². The van der Waals surface area contributed by atoms with Crippen LogP contribution in [0.3, 0.4) is 0 Å². The van der Waals surface area contributed by atoms with E-state index in [1.807, 2.05) is 35.0 Å². The normalized spacial score (nSPS) is 16.5. The van der Waals surface area contributed by atoms with Crippen molar-refractivity contribution in [1.82, 2.24) is 40.0 Å². The molecule has 2 aliphatic heterocycles. The van der Waals surface area contributed by atoms with Crippen molar-refractivity contribution in [2.24, 2.45) is 0 Å². The summed E-state index contributed by atoms with van der Waals surface area (Å²) in [5.41, 5.74) is 3.59. The Bertz CT molecular complexity index is 1830. The number of hydrogen-bond donors (Lipinski definition) is 1. The van der Waals surface area contributed by atoms with Crippen LogP contribution in [0.15, 0.2) is 48.5 Å². The summed E-state index contributed by atoms with van der Waals surface area (Å²) in [7, 11) is 0. The van der Waals surface area contributed by atoms with Crippen molar-refractivity contribution in [3.8, 4) is 11.5 Å². The number of H-pyrrole nitrogens is 1. The standard InChI is InChI=1S/C32H36N8O4/c1-5-42-31(41)24-17-22-21-8-6-7-9-23(21)33-27(22)28(34-24)29(30-35-36-37-40(30)32(2,3)4)39-14-12-38(13-15-39)18-20-10-11-25-26(16-20)44-19-43-25/h6-11,16-17,29,33H,5,12-15,18-19H2,1-4H3. The molecule has 1 atom stereocenters. The minimum atomic E-state index is -0.455. The fourth-order valence-electron chi connectivity index (χ4n) is 6.16. The van der Waals surface area contributed by atoms with Crippen LogP contribution in [0.4, 0.5) is 0 Å². The molecule has 1 saturated heterocycles. The van der Waals surface area contributed by atoms with Crippen molar-refractivity contribution in [3.05, 3.63) is 71.3 Å². The summed E-state index contributed by atoms with van der Waals surface area (Å²) in [6.45, 7) is 12.5. The van der Waals surface area contributed by atoms with Gasteiger partial charge in [-0.25, -0.2) is 14.5 Å². The lowest BCUT2D eigenvalue weighted by molar-refractivity contribution is 0.0518. The lowest BCUT2D eigenvalue weighted by Crippen LogP contribution is -2.48. The Balaban J connectivity index is 1.29. The zero-order chi connectivity index (χ0) is 30.4. The van der Waals surface area contributed by atoms with Crippen LogP contribution >= 0.6 is 0 Å². The van der Waals surface area contributed by atoms with Gasteiger partial charge in [-0.3, -0.25) is 9.80 Å². The number of fused-ring (bicyclic) bond motifs is 4. The lowest BCUT2D eigenvalue weighted by Gasteiger charge is -2.39. The molecule has 0 amide bonds. The highest BCUT2D eigenvalue weighted by molar-refractivity contribution is 6.09. The number of hydrogen-bond acceptors (Lipinski definition) is 10. The topological polar surface area (TPSA) is 124 Å². The number of piperazine rings is 1. The smallest absolute Gasteiger partial charge is 0.356 e. The third kappa shape index (κ3) is 5.13. The summed E-state index contributed by atoms with van der Waals surface area (Å²) < 4.78 is 18.4. The third-order valence-electron chi connectivity index (χ3n) is 8.26. The van der Waals surface area contributed by atoms with E-state index in [9.17, 15) is 4.79 Å². The molecule has 44 heavy (non-hydrogen) atoms. The summed E-state index contributed by atoms with van der Waals surface area (Å²) in [4.78, 5) is 26.5. The van der Waals surface area contributed by atoms with Crippen LogP contribution in [0.2, 0.25) is 0 Å². The van der Waals surface area contributed by atoms with Crippen LogP contribution in [0.25, 0.3) is 21.8 Å². The summed E-state index contributed by atoms with van der Waals surface area (Å²) >= 11 is 0. The zero-order valence-electron chi connectivity index (χ0n) is 25.4. The summed E-state index contributed by atoms with van der Waals surface area (Å²) in [6, 6.07) is 15.6. The van der Waals surface area contributed by atoms with E-state index in [0.29, 0.717) is 11.5 Å². The van der Waals surface area contributed by atoms with Gasteiger partial charge in [-0.05, 0) is 68.0 Å². The number of nitrogens with zero attached hydrogens (tertiary/aromatic N) is 7. The van der Waals surface area contributed by atoms with E-state index in [1.165, 1.54) is 5.56 Å². The molecular formula is C32H36N8O4. The summed E-state index contributed by atoms with van der Waals surface area (Å²) in [5, 5.41) is 15.0. The molecule has 12 heteroatoms. The molecule has 5 heterocycles. The molecule has 1 fully saturated rings. The van der Waals surface area contributed by atoms with Crippen LogP contribution in [0.1, 0.15) is 61.3 Å². The number of nitrogens with one attached hydrogen (secondary N) is 1. The first-order valence-electron chi connectivity index (χ1n) is 15.0. The molecule has 228 valence electrons. The average molecular weight is 597 g/mol. The van der Waals surface area contributed by atoms with Gasteiger partial charge in [-0.1, -0.05) is 24.3 Å². The largest absolute Gasteiger partial charge is 0.461 e. The molecule has 1 unspecified atom stereocenters. The van der Waals surface area contributed by atoms with Crippen molar-refractivity contribution >= 4 is 27.8 Å². The third-order valence-corrected chi connectivity index (χ3v) is 8.26. The van der Waals surface area contributed by atoms with Gasteiger partial charge in [0, 0.05) is 49.0 Å². The van der Waals surface area contributed by atoms with Crippen LogP contribution in [0, 0.1) is 0 Å². The molecule has 0 bridgehead atoms. The first-order valence-corrected chi connectivity index (χ1v) is 15.0. The molecule has 7 rings (SSSR count). The van der Waals surface area contributed by atoms with Gasteiger partial charge in [-0.2, -0.15) is 0 Å². The molecule has 0 spiro atoms. The molecule has 3 aromatic heterocycles. The van der Waals surface area contributed by atoms with E-state index in [2.05, 4.69) is 69.3 Å². The molecule has 0 aliphatic carbocycles. The van der Waals surface area contributed by atoms with Gasteiger partial charge in [0.15, 0.2) is 17.3 Å². The summed E-state index contributed by atoms with van der Waals surface area (Å²) in [5.74, 6) is 1.81. The lowest BCUT2D eigenvalue weighted by atomic mass is 10.0. The number of rotatable bonds is 7. The number of ether oxygens (including phenoxy) is 3. The molecule has 0 saturated carbocycles. The quantitative estimate of drug-likeness (QED) is 0.273. The average Bonchev–Trinajstić information content (AvgIpc) is 3.77. The van der Waals surface area contributed by atoms with Crippen molar-refractivity contribution in [2.75, 3.05) is 39.6 Å². The van der Waals surface area contributed by atoms with Gasteiger partial charge >= 0.3 is 5.97 Å². The van der Waals surface area contributed by atoms with Gasteiger partial charge < -0.3 is 19.2 Å². The number of carbonyl (C=O) groups is 1. The van der Waals surface area contributed by atoms with Crippen LogP contribution in [-0.4, -0.2) is 85.5 Å². The highest BCUT2D eigenvalue weighted by Gasteiger charge is 2.36. The van der Waals surface area contributed by atoms with Gasteiger partial charge in [0.05, 0.1) is 23.4 Å². The Morgan fingerprint density at radius 2 is 1.82 bits per heavy atom. The Labute approximate surface area is 254 Å². The minimum absolute atomic E-state index is 0.263. The zero-order valence-corrected chi connectivity index (χ0v) is 25.4. The van der Waals surface area contributed by atoms with Crippen molar-refractivity contribution in [1.29, 1.82) is 0 Å². The first-order chi connectivity index (χ1) is 21.3. The van der Waals surface area contributed by atoms with E-state index < -0.39 is 12.0 Å². The van der Waals surface area contributed by atoms with E-state index in [4.69, 9.17) is 19.2 Å². The maximum Gasteiger partial charge on any atom is 0.356 e. The molecule has 0 radical (unpaired) electrons. The predicted octanol–water partition coefficient (Wildman–Crippen LogP) is 4.27. The van der Waals surface area contributed by atoms with Crippen LogP contribution in [0.5, 0.6) is 11.5 Å². The van der Waals surface area contributed by atoms with Gasteiger partial charge in [0.25, 0.3) is 0 Å². The highest BCUT2D eigenvalue weighted by atomic mass is 16.7. The monoisotopic (exact) mass is 596 g/mol. The first kappa shape index (κ1) is 28.2. The molecule has 2 aromatic carbocycles. The van der Waals surface area contributed by atoms with Gasteiger partial charge in [-0.15, -0.1) is 5.10 Å².